The molecule has 0 aliphatic carbocycles. The van der Waals surface area contributed by atoms with Gasteiger partial charge in [-0.2, -0.15) is 5.10 Å². The number of H-pyrrole nitrogens is 1. The zero-order valence-corrected chi connectivity index (χ0v) is 17.2. The van der Waals surface area contributed by atoms with E-state index in [4.69, 9.17) is 22.4 Å². The van der Waals surface area contributed by atoms with Crippen LogP contribution >= 0.6 is 11.6 Å². The van der Waals surface area contributed by atoms with Crippen LogP contribution in [0.2, 0.25) is 5.02 Å². The minimum atomic E-state index is -1.000. The highest BCUT2D eigenvalue weighted by Crippen LogP contribution is 2.34. The second-order valence-electron chi connectivity index (χ2n) is 7.41. The SMILES string of the molecule is NCCC(C(=O)N1Cc2[nH]nc(-c3ccc(C(=O)O)cc3)c2C1)c1ccc(Cl)c(F)c1. The van der Waals surface area contributed by atoms with Crippen LogP contribution in [0.15, 0.2) is 42.5 Å². The molecule has 0 saturated heterocycles. The van der Waals surface area contributed by atoms with E-state index >= 15 is 0 Å². The summed E-state index contributed by atoms with van der Waals surface area (Å²) in [4.78, 5) is 26.0. The molecule has 0 radical (unpaired) electrons. The fraction of sp³-hybridized carbons (Fsp3) is 0.227. The van der Waals surface area contributed by atoms with Gasteiger partial charge in [-0.3, -0.25) is 9.89 Å². The van der Waals surface area contributed by atoms with Gasteiger partial charge in [-0.25, -0.2) is 9.18 Å². The summed E-state index contributed by atoms with van der Waals surface area (Å²) in [6, 6.07) is 10.8. The van der Waals surface area contributed by atoms with E-state index in [9.17, 15) is 14.0 Å². The van der Waals surface area contributed by atoms with E-state index in [0.29, 0.717) is 30.8 Å². The Morgan fingerprint density at radius 3 is 2.61 bits per heavy atom. The topological polar surface area (TPSA) is 112 Å². The molecule has 1 amide bonds. The van der Waals surface area contributed by atoms with E-state index in [1.165, 1.54) is 24.3 Å². The number of nitrogens with one attached hydrogen (secondary N) is 1. The van der Waals surface area contributed by atoms with Crippen molar-refractivity contribution in [1.29, 1.82) is 0 Å². The van der Waals surface area contributed by atoms with Gasteiger partial charge in [-0.05, 0) is 42.8 Å². The lowest BCUT2D eigenvalue weighted by atomic mass is 9.94. The zero-order chi connectivity index (χ0) is 22.1. The molecule has 4 N–H and O–H groups in total. The standard InChI is InChI=1S/C22H20ClFN4O3/c23-17-6-5-14(9-18(17)24)15(7-8-25)21(29)28-10-16-19(11-28)26-27-20(16)12-1-3-13(4-2-12)22(30)31/h1-6,9,15H,7-8,10-11,25H2,(H,26,27)(H,30,31). The number of benzene rings is 2. The Morgan fingerprint density at radius 2 is 1.97 bits per heavy atom. The summed E-state index contributed by atoms with van der Waals surface area (Å²) in [6.45, 7) is 0.978. The van der Waals surface area contributed by atoms with Gasteiger partial charge in [0.25, 0.3) is 0 Å². The summed E-state index contributed by atoms with van der Waals surface area (Å²) < 4.78 is 14.0. The van der Waals surface area contributed by atoms with Crippen LogP contribution in [-0.4, -0.2) is 38.6 Å². The Balaban J connectivity index is 1.57. The van der Waals surface area contributed by atoms with Crippen molar-refractivity contribution in [2.24, 2.45) is 5.73 Å². The maximum Gasteiger partial charge on any atom is 0.335 e. The number of aromatic nitrogens is 2. The third kappa shape index (κ3) is 4.04. The summed E-state index contributed by atoms with van der Waals surface area (Å²) in [6.07, 6.45) is 0.381. The number of hydrogen-bond donors (Lipinski definition) is 3. The van der Waals surface area contributed by atoms with E-state index in [0.717, 1.165) is 16.8 Å². The number of carboxylic acids is 1. The molecule has 4 rings (SSSR count). The molecule has 1 atom stereocenters. The van der Waals surface area contributed by atoms with Crippen LogP contribution in [0.4, 0.5) is 4.39 Å². The van der Waals surface area contributed by atoms with Gasteiger partial charge >= 0.3 is 5.97 Å². The van der Waals surface area contributed by atoms with Crippen molar-refractivity contribution in [2.45, 2.75) is 25.4 Å². The molecule has 0 fully saturated rings. The minimum absolute atomic E-state index is 0.00323. The first kappa shape index (κ1) is 21.0. The highest BCUT2D eigenvalue weighted by atomic mass is 35.5. The Kier molecular flexibility index (Phi) is 5.75. The molecule has 1 aliphatic rings. The number of amides is 1. The first-order valence-corrected chi connectivity index (χ1v) is 10.1. The average molecular weight is 443 g/mol. The minimum Gasteiger partial charge on any atom is -0.478 e. The van der Waals surface area contributed by atoms with Crippen LogP contribution in [0.3, 0.4) is 0 Å². The number of hydrogen-bond acceptors (Lipinski definition) is 4. The molecule has 0 bridgehead atoms. The molecule has 0 spiro atoms. The molecular formula is C22H20ClFN4O3. The number of carboxylic acid groups (broad SMARTS) is 1. The number of halogens is 2. The highest BCUT2D eigenvalue weighted by molar-refractivity contribution is 6.30. The Hall–Kier alpha value is -3.23. The number of rotatable bonds is 6. The monoisotopic (exact) mass is 442 g/mol. The lowest BCUT2D eigenvalue weighted by Crippen LogP contribution is -2.32. The maximum absolute atomic E-state index is 14.0. The molecule has 1 aromatic heterocycles. The highest BCUT2D eigenvalue weighted by Gasteiger charge is 2.33. The number of carbonyl (C=O) groups excluding carboxylic acids is 1. The molecule has 1 unspecified atom stereocenters. The van der Waals surface area contributed by atoms with Crippen LogP contribution in [-0.2, 0) is 17.9 Å². The normalized spacial score (nSPS) is 13.8. The summed E-state index contributed by atoms with van der Waals surface area (Å²) in [5.41, 5.74) is 9.58. The van der Waals surface area contributed by atoms with Gasteiger partial charge in [0.05, 0.1) is 41.0 Å². The van der Waals surface area contributed by atoms with Gasteiger partial charge in [-0.1, -0.05) is 29.8 Å². The van der Waals surface area contributed by atoms with Crippen LogP contribution in [0.5, 0.6) is 0 Å². The molecule has 0 saturated carbocycles. The van der Waals surface area contributed by atoms with E-state index in [2.05, 4.69) is 10.2 Å². The van der Waals surface area contributed by atoms with Crippen molar-refractivity contribution in [3.05, 3.63) is 75.7 Å². The van der Waals surface area contributed by atoms with Crippen molar-refractivity contribution in [3.8, 4) is 11.3 Å². The number of aromatic amines is 1. The van der Waals surface area contributed by atoms with Gasteiger partial charge in [-0.15, -0.1) is 0 Å². The largest absolute Gasteiger partial charge is 0.478 e. The first-order chi connectivity index (χ1) is 14.9. The molecule has 1 aliphatic heterocycles. The smallest absolute Gasteiger partial charge is 0.335 e. The molecule has 31 heavy (non-hydrogen) atoms. The Morgan fingerprint density at radius 1 is 1.23 bits per heavy atom. The van der Waals surface area contributed by atoms with Gasteiger partial charge in [0.2, 0.25) is 5.91 Å². The molecule has 2 heterocycles. The van der Waals surface area contributed by atoms with Crippen molar-refractivity contribution in [2.75, 3.05) is 6.54 Å². The van der Waals surface area contributed by atoms with Gasteiger partial charge in [0.15, 0.2) is 0 Å². The van der Waals surface area contributed by atoms with Gasteiger partial charge < -0.3 is 15.7 Å². The van der Waals surface area contributed by atoms with E-state index in [-0.39, 0.29) is 23.0 Å². The average Bonchev–Trinajstić information content (AvgIpc) is 3.35. The number of fused-ring (bicyclic) bond motifs is 1. The Bertz CT molecular complexity index is 1150. The third-order valence-corrected chi connectivity index (χ3v) is 5.77. The number of aromatic carboxylic acids is 1. The molecule has 7 nitrogen and oxygen atoms in total. The number of carbonyl (C=O) groups is 2. The maximum atomic E-state index is 14.0. The van der Waals surface area contributed by atoms with Crippen LogP contribution < -0.4 is 5.73 Å². The van der Waals surface area contributed by atoms with Crippen LogP contribution in [0.25, 0.3) is 11.3 Å². The summed E-state index contributed by atoms with van der Waals surface area (Å²) in [5, 5.41) is 16.4. The Labute approximate surface area is 182 Å². The van der Waals surface area contributed by atoms with Crippen molar-refractivity contribution < 1.29 is 19.1 Å². The number of nitrogens with zero attached hydrogens (tertiary/aromatic N) is 2. The molecule has 2 aromatic carbocycles. The summed E-state index contributed by atoms with van der Waals surface area (Å²) in [7, 11) is 0. The molecule has 3 aromatic rings. The summed E-state index contributed by atoms with van der Waals surface area (Å²) >= 11 is 5.78. The predicted octanol–water partition coefficient (Wildman–Crippen LogP) is 3.54. The van der Waals surface area contributed by atoms with Crippen molar-refractivity contribution >= 4 is 23.5 Å². The first-order valence-electron chi connectivity index (χ1n) is 9.72. The fourth-order valence-electron chi connectivity index (χ4n) is 3.85. The van der Waals surface area contributed by atoms with Gasteiger partial charge in [0.1, 0.15) is 5.82 Å². The second-order valence-corrected chi connectivity index (χ2v) is 7.82. The third-order valence-electron chi connectivity index (χ3n) is 5.47. The summed E-state index contributed by atoms with van der Waals surface area (Å²) in [5.74, 6) is -2.30. The molecule has 160 valence electrons. The van der Waals surface area contributed by atoms with E-state index < -0.39 is 17.7 Å². The lowest BCUT2D eigenvalue weighted by Gasteiger charge is -2.23. The van der Waals surface area contributed by atoms with E-state index in [1.54, 1.807) is 23.1 Å². The lowest BCUT2D eigenvalue weighted by molar-refractivity contribution is -0.133. The van der Waals surface area contributed by atoms with E-state index in [1.807, 2.05) is 0 Å². The number of nitrogens with two attached hydrogens (primary N) is 1. The second kappa shape index (κ2) is 8.49. The molecular weight excluding hydrogens is 423 g/mol. The van der Waals surface area contributed by atoms with Crippen molar-refractivity contribution in [3.63, 3.8) is 0 Å². The fourth-order valence-corrected chi connectivity index (χ4v) is 3.97. The predicted molar refractivity (Wildman–Crippen MR) is 113 cm³/mol. The van der Waals surface area contributed by atoms with Crippen LogP contribution in [0, 0.1) is 5.82 Å². The van der Waals surface area contributed by atoms with Crippen molar-refractivity contribution in [1.82, 2.24) is 15.1 Å². The van der Waals surface area contributed by atoms with Crippen LogP contribution in [0.1, 0.15) is 39.5 Å². The quantitative estimate of drug-likeness (QED) is 0.540. The van der Waals surface area contributed by atoms with Gasteiger partial charge in [0, 0.05) is 11.1 Å². The molecule has 9 heteroatoms. The zero-order valence-electron chi connectivity index (χ0n) is 16.4.